The summed E-state index contributed by atoms with van der Waals surface area (Å²) >= 11 is 1.71. The van der Waals surface area contributed by atoms with Crippen molar-refractivity contribution in [1.82, 2.24) is 0 Å². The van der Waals surface area contributed by atoms with E-state index in [2.05, 4.69) is 0 Å². The van der Waals surface area contributed by atoms with Gasteiger partial charge in [0.15, 0.2) is 0 Å². The Morgan fingerprint density at radius 3 is 2.36 bits per heavy atom. The summed E-state index contributed by atoms with van der Waals surface area (Å²) in [7, 11) is 0. The first kappa shape index (κ1) is 11.4. The Kier molecular flexibility index (Phi) is 3.10. The first-order valence-electron chi connectivity index (χ1n) is 3.95. The molecular weight excluding hydrogens is 299 g/mol. The first-order valence-corrected chi connectivity index (χ1v) is 5.02. The average Bonchev–Trinajstić information content (AvgIpc) is 2.11. The summed E-state index contributed by atoms with van der Waals surface area (Å²) in [6.07, 6.45) is 0. The minimum atomic E-state index is -1.00. The van der Waals surface area contributed by atoms with E-state index < -0.39 is 17.0 Å². The van der Waals surface area contributed by atoms with Crippen LogP contribution >= 0.6 is 22.6 Å². The highest BCUT2D eigenvalue weighted by Gasteiger charge is 2.25. The van der Waals surface area contributed by atoms with Gasteiger partial charge in [0.1, 0.15) is 11.6 Å². The van der Waals surface area contributed by atoms with Crippen molar-refractivity contribution in [2.24, 2.45) is 0 Å². The fraction of sp³-hybridized carbons (Fsp3) is 0.300. The van der Waals surface area contributed by atoms with Gasteiger partial charge < -0.3 is 0 Å². The van der Waals surface area contributed by atoms with Gasteiger partial charge in [-0.05, 0) is 48.6 Å². The SMILES string of the molecule is CC(C)(C#N)c1cc(F)c(I)cc1F. The molecule has 1 aromatic rings. The zero-order valence-electron chi connectivity index (χ0n) is 7.74. The molecule has 1 nitrogen and oxygen atoms in total. The molecule has 0 atom stereocenters. The van der Waals surface area contributed by atoms with Crippen molar-refractivity contribution in [2.75, 3.05) is 0 Å². The Balaban J connectivity index is 3.38. The van der Waals surface area contributed by atoms with Crippen LogP contribution in [0.2, 0.25) is 0 Å². The number of hydrogen-bond acceptors (Lipinski definition) is 1. The lowest BCUT2D eigenvalue weighted by molar-refractivity contribution is 0.544. The van der Waals surface area contributed by atoms with Crippen molar-refractivity contribution < 1.29 is 8.78 Å². The topological polar surface area (TPSA) is 23.8 Å². The molecule has 0 fully saturated rings. The molecule has 0 saturated heterocycles. The van der Waals surface area contributed by atoms with E-state index in [-0.39, 0.29) is 9.13 Å². The van der Waals surface area contributed by atoms with Gasteiger partial charge in [0, 0.05) is 5.56 Å². The lowest BCUT2D eigenvalue weighted by atomic mass is 9.86. The van der Waals surface area contributed by atoms with Crippen LogP contribution in [0.25, 0.3) is 0 Å². The van der Waals surface area contributed by atoms with Crippen molar-refractivity contribution in [3.05, 3.63) is 32.9 Å². The summed E-state index contributed by atoms with van der Waals surface area (Å²) in [4.78, 5) is 0. The first-order chi connectivity index (χ1) is 6.38. The normalized spacial score (nSPS) is 11.1. The standard InChI is InChI=1S/C10H8F2IN/c1-10(2,5-14)6-3-8(12)9(13)4-7(6)11/h3-4H,1-2H3. The molecule has 0 unspecified atom stereocenters. The van der Waals surface area contributed by atoms with Crippen LogP contribution in [0.15, 0.2) is 12.1 Å². The van der Waals surface area contributed by atoms with E-state index in [0.29, 0.717) is 0 Å². The zero-order valence-corrected chi connectivity index (χ0v) is 9.89. The number of rotatable bonds is 1. The van der Waals surface area contributed by atoms with Crippen molar-refractivity contribution in [3.8, 4) is 6.07 Å². The highest BCUT2D eigenvalue weighted by Crippen LogP contribution is 2.27. The van der Waals surface area contributed by atoms with Crippen LogP contribution in [-0.2, 0) is 5.41 Å². The third kappa shape index (κ3) is 2.03. The van der Waals surface area contributed by atoms with E-state index >= 15 is 0 Å². The number of hydrogen-bond donors (Lipinski definition) is 0. The third-order valence-corrected chi connectivity index (χ3v) is 2.79. The number of halogens is 3. The molecular formula is C10H8F2IN. The number of nitrogens with zero attached hydrogens (tertiary/aromatic N) is 1. The molecule has 0 saturated carbocycles. The molecule has 0 aliphatic carbocycles. The number of nitriles is 1. The Morgan fingerprint density at radius 1 is 1.29 bits per heavy atom. The lowest BCUT2D eigenvalue weighted by Crippen LogP contribution is -2.16. The summed E-state index contributed by atoms with van der Waals surface area (Å²) in [6, 6.07) is 4.12. The molecule has 74 valence electrons. The lowest BCUT2D eigenvalue weighted by Gasteiger charge is -2.16. The Labute approximate surface area is 94.9 Å². The third-order valence-electron chi connectivity index (χ3n) is 1.96. The zero-order chi connectivity index (χ0) is 10.9. The molecule has 0 spiro atoms. The van der Waals surface area contributed by atoms with E-state index in [9.17, 15) is 8.78 Å². The van der Waals surface area contributed by atoms with E-state index in [1.165, 1.54) is 0 Å². The minimum absolute atomic E-state index is 0.0953. The molecule has 0 N–H and O–H groups in total. The minimum Gasteiger partial charge on any atom is -0.207 e. The van der Waals surface area contributed by atoms with Gasteiger partial charge in [0.2, 0.25) is 0 Å². The molecule has 0 heterocycles. The van der Waals surface area contributed by atoms with Gasteiger partial charge in [-0.15, -0.1) is 0 Å². The second kappa shape index (κ2) is 3.81. The summed E-state index contributed by atoms with van der Waals surface area (Å²) in [5.41, 5.74) is -0.909. The van der Waals surface area contributed by atoms with Gasteiger partial charge in [-0.3, -0.25) is 0 Å². The molecule has 4 heteroatoms. The maximum absolute atomic E-state index is 13.4. The molecule has 0 radical (unpaired) electrons. The van der Waals surface area contributed by atoms with Crippen molar-refractivity contribution in [1.29, 1.82) is 5.26 Å². The van der Waals surface area contributed by atoms with Gasteiger partial charge in [0.05, 0.1) is 15.1 Å². The Hall–Kier alpha value is -0.700. The smallest absolute Gasteiger partial charge is 0.137 e. The second-order valence-electron chi connectivity index (χ2n) is 3.48. The maximum Gasteiger partial charge on any atom is 0.137 e. The quantitative estimate of drug-likeness (QED) is 0.576. The highest BCUT2D eigenvalue weighted by atomic mass is 127. The highest BCUT2D eigenvalue weighted by molar-refractivity contribution is 14.1. The van der Waals surface area contributed by atoms with Crippen LogP contribution in [0, 0.1) is 26.5 Å². The van der Waals surface area contributed by atoms with Gasteiger partial charge >= 0.3 is 0 Å². The number of benzene rings is 1. The molecule has 0 aliphatic rings. The Morgan fingerprint density at radius 2 is 1.86 bits per heavy atom. The maximum atomic E-state index is 13.4. The van der Waals surface area contributed by atoms with Crippen LogP contribution in [0.1, 0.15) is 19.4 Å². The van der Waals surface area contributed by atoms with Crippen LogP contribution in [0.3, 0.4) is 0 Å². The fourth-order valence-electron chi connectivity index (χ4n) is 1.06. The summed E-state index contributed by atoms with van der Waals surface area (Å²) < 4.78 is 26.8. The fourth-order valence-corrected chi connectivity index (χ4v) is 1.49. The molecule has 0 amide bonds. The summed E-state index contributed by atoms with van der Waals surface area (Å²) in [6.45, 7) is 3.11. The molecule has 1 rings (SSSR count). The largest absolute Gasteiger partial charge is 0.207 e. The van der Waals surface area contributed by atoms with E-state index in [4.69, 9.17) is 5.26 Å². The van der Waals surface area contributed by atoms with E-state index in [1.54, 1.807) is 36.4 Å². The van der Waals surface area contributed by atoms with Crippen LogP contribution in [0.4, 0.5) is 8.78 Å². The predicted molar refractivity (Wildman–Crippen MR) is 57.7 cm³/mol. The summed E-state index contributed by atoms with van der Waals surface area (Å²) in [5.74, 6) is -1.03. The van der Waals surface area contributed by atoms with Gasteiger partial charge in [-0.25, -0.2) is 8.78 Å². The van der Waals surface area contributed by atoms with Crippen LogP contribution in [0.5, 0.6) is 0 Å². The van der Waals surface area contributed by atoms with Crippen molar-refractivity contribution >= 4 is 22.6 Å². The van der Waals surface area contributed by atoms with Gasteiger partial charge in [-0.2, -0.15) is 5.26 Å². The monoisotopic (exact) mass is 307 g/mol. The Bertz CT molecular complexity index is 407. The molecule has 0 aromatic heterocycles. The predicted octanol–water partition coefficient (Wildman–Crippen LogP) is 3.37. The van der Waals surface area contributed by atoms with Crippen molar-refractivity contribution in [3.63, 3.8) is 0 Å². The molecule has 14 heavy (non-hydrogen) atoms. The van der Waals surface area contributed by atoms with Gasteiger partial charge in [0.25, 0.3) is 0 Å². The van der Waals surface area contributed by atoms with Gasteiger partial charge in [-0.1, -0.05) is 0 Å². The van der Waals surface area contributed by atoms with Crippen molar-refractivity contribution in [2.45, 2.75) is 19.3 Å². The van der Waals surface area contributed by atoms with Crippen LogP contribution < -0.4 is 0 Å². The molecule has 0 aliphatic heterocycles. The molecule has 1 aromatic carbocycles. The molecule has 0 bridgehead atoms. The van der Waals surface area contributed by atoms with Crippen LogP contribution in [-0.4, -0.2) is 0 Å². The van der Waals surface area contributed by atoms with E-state index in [0.717, 1.165) is 12.1 Å². The second-order valence-corrected chi connectivity index (χ2v) is 4.65. The van der Waals surface area contributed by atoms with E-state index in [1.807, 2.05) is 6.07 Å². The average molecular weight is 307 g/mol. The summed E-state index contributed by atoms with van der Waals surface area (Å²) in [5, 5.41) is 8.79.